The van der Waals surface area contributed by atoms with E-state index in [1.54, 1.807) is 0 Å². The summed E-state index contributed by atoms with van der Waals surface area (Å²) in [6.45, 7) is -1.25. The van der Waals surface area contributed by atoms with Crippen molar-refractivity contribution < 1.29 is 29.0 Å². The first-order chi connectivity index (χ1) is 9.43. The molecule has 0 aromatic heterocycles. The molecule has 20 heavy (non-hydrogen) atoms. The van der Waals surface area contributed by atoms with Crippen molar-refractivity contribution in [2.45, 2.75) is 6.04 Å². The highest BCUT2D eigenvalue weighted by molar-refractivity contribution is 5.96. The van der Waals surface area contributed by atoms with Gasteiger partial charge in [-0.1, -0.05) is 6.07 Å². The lowest BCUT2D eigenvalue weighted by Crippen LogP contribution is -2.47. The molecule has 108 valence electrons. The maximum Gasteiger partial charge on any atom is 0.328 e. The Morgan fingerprint density at radius 1 is 1.30 bits per heavy atom. The molecule has 0 radical (unpaired) electrons. The lowest BCUT2D eigenvalue weighted by molar-refractivity contribution is -0.142. The maximum atomic E-state index is 12.9. The van der Waals surface area contributed by atoms with Crippen LogP contribution in [0.15, 0.2) is 24.3 Å². The minimum atomic E-state index is -1.44. The Labute approximate surface area is 113 Å². The summed E-state index contributed by atoms with van der Waals surface area (Å²) in [6.07, 6.45) is 0. The fraction of sp³-hybridized carbons (Fsp3) is 0.250. The van der Waals surface area contributed by atoms with E-state index in [1.807, 2.05) is 5.32 Å². The highest BCUT2D eigenvalue weighted by Gasteiger charge is 2.18. The van der Waals surface area contributed by atoms with E-state index in [0.29, 0.717) is 0 Å². The minimum Gasteiger partial charge on any atom is -0.480 e. The molecule has 1 rings (SSSR count). The van der Waals surface area contributed by atoms with Gasteiger partial charge in [0.25, 0.3) is 5.91 Å². The maximum absolute atomic E-state index is 12.9. The number of carbonyl (C=O) groups excluding carboxylic acids is 2. The number of carboxylic acid groups (broad SMARTS) is 1. The van der Waals surface area contributed by atoms with Crippen molar-refractivity contribution in [3.05, 3.63) is 35.6 Å². The fourth-order valence-corrected chi connectivity index (χ4v) is 1.32. The molecule has 8 heteroatoms. The van der Waals surface area contributed by atoms with Gasteiger partial charge in [-0.2, -0.15) is 0 Å². The molecule has 4 N–H and O–H groups in total. The lowest BCUT2D eigenvalue weighted by Gasteiger charge is -2.12. The van der Waals surface area contributed by atoms with Crippen LogP contribution in [0.1, 0.15) is 10.4 Å². The summed E-state index contributed by atoms with van der Waals surface area (Å²) in [4.78, 5) is 33.5. The lowest BCUT2D eigenvalue weighted by atomic mass is 10.2. The summed E-state index contributed by atoms with van der Waals surface area (Å²) in [7, 11) is 0. The van der Waals surface area contributed by atoms with E-state index in [9.17, 15) is 18.8 Å². The van der Waals surface area contributed by atoms with E-state index >= 15 is 0 Å². The Kier molecular flexibility index (Phi) is 5.60. The molecule has 0 saturated carbocycles. The second-order valence-corrected chi connectivity index (χ2v) is 3.83. The Balaban J connectivity index is 2.49. The summed E-state index contributed by atoms with van der Waals surface area (Å²) in [5.74, 6) is -3.43. The number of rotatable bonds is 6. The van der Waals surface area contributed by atoms with Gasteiger partial charge in [0, 0.05) is 5.56 Å². The van der Waals surface area contributed by atoms with Gasteiger partial charge in [0.2, 0.25) is 5.91 Å². The van der Waals surface area contributed by atoms with Gasteiger partial charge in [-0.05, 0) is 18.2 Å². The molecule has 0 bridgehead atoms. The van der Waals surface area contributed by atoms with Crippen LogP contribution < -0.4 is 10.6 Å². The number of aliphatic carboxylic acids is 1. The van der Waals surface area contributed by atoms with Gasteiger partial charge in [0.15, 0.2) is 0 Å². The summed E-state index contributed by atoms with van der Waals surface area (Å²) < 4.78 is 12.9. The number of aliphatic hydroxyl groups excluding tert-OH is 1. The van der Waals surface area contributed by atoms with Crippen LogP contribution in [0.5, 0.6) is 0 Å². The van der Waals surface area contributed by atoms with Gasteiger partial charge in [-0.3, -0.25) is 9.59 Å². The van der Waals surface area contributed by atoms with Gasteiger partial charge in [-0.15, -0.1) is 0 Å². The molecule has 0 saturated heterocycles. The first kappa shape index (κ1) is 15.6. The first-order valence-electron chi connectivity index (χ1n) is 5.61. The molecular weight excluding hydrogens is 271 g/mol. The van der Waals surface area contributed by atoms with E-state index in [4.69, 9.17) is 10.2 Å². The number of nitrogens with one attached hydrogen (secondary N) is 2. The normalized spacial score (nSPS) is 11.5. The third kappa shape index (κ3) is 4.65. The van der Waals surface area contributed by atoms with E-state index in [2.05, 4.69) is 5.32 Å². The van der Waals surface area contributed by atoms with E-state index in [-0.39, 0.29) is 5.56 Å². The molecule has 1 aromatic carbocycles. The molecule has 0 aliphatic carbocycles. The van der Waals surface area contributed by atoms with Crippen molar-refractivity contribution in [3.63, 3.8) is 0 Å². The van der Waals surface area contributed by atoms with E-state index in [0.717, 1.165) is 6.07 Å². The second-order valence-electron chi connectivity index (χ2n) is 3.83. The topological polar surface area (TPSA) is 116 Å². The van der Waals surface area contributed by atoms with Gasteiger partial charge < -0.3 is 20.8 Å². The Hall–Kier alpha value is -2.48. The number of carbonyl (C=O) groups is 3. The molecular formula is C12H13FN2O5. The summed E-state index contributed by atoms with van der Waals surface area (Å²) in [6, 6.07) is 3.44. The number of halogens is 1. The smallest absolute Gasteiger partial charge is 0.328 e. The number of aliphatic hydroxyl groups is 1. The highest BCUT2D eigenvalue weighted by Crippen LogP contribution is 2.02. The molecule has 2 amide bonds. The Morgan fingerprint density at radius 2 is 2.00 bits per heavy atom. The monoisotopic (exact) mass is 284 g/mol. The largest absolute Gasteiger partial charge is 0.480 e. The summed E-state index contributed by atoms with van der Waals surface area (Å²) >= 11 is 0. The van der Waals surface area contributed by atoms with Crippen molar-refractivity contribution in [1.29, 1.82) is 0 Å². The minimum absolute atomic E-state index is 0.0368. The van der Waals surface area contributed by atoms with Gasteiger partial charge >= 0.3 is 5.97 Å². The molecule has 0 aliphatic rings. The SMILES string of the molecule is O=C(CNC(=O)c1cccc(F)c1)NC(CO)C(=O)O. The molecule has 1 aromatic rings. The third-order valence-corrected chi connectivity index (χ3v) is 2.31. The number of carboxylic acids is 1. The van der Waals surface area contributed by atoms with E-state index in [1.165, 1.54) is 18.2 Å². The van der Waals surface area contributed by atoms with Crippen molar-refractivity contribution in [2.24, 2.45) is 0 Å². The molecule has 1 unspecified atom stereocenters. The Bertz CT molecular complexity index is 520. The third-order valence-electron chi connectivity index (χ3n) is 2.31. The van der Waals surface area contributed by atoms with Crippen molar-refractivity contribution in [2.75, 3.05) is 13.2 Å². The number of benzene rings is 1. The van der Waals surface area contributed by atoms with Crippen molar-refractivity contribution in [1.82, 2.24) is 10.6 Å². The van der Waals surface area contributed by atoms with Gasteiger partial charge in [0.1, 0.15) is 11.9 Å². The highest BCUT2D eigenvalue weighted by atomic mass is 19.1. The summed E-state index contributed by atoms with van der Waals surface area (Å²) in [5, 5.41) is 21.5. The molecule has 0 heterocycles. The molecule has 0 aliphatic heterocycles. The van der Waals surface area contributed by atoms with Crippen LogP contribution in [0.3, 0.4) is 0 Å². The van der Waals surface area contributed by atoms with Crippen LogP contribution in [0.2, 0.25) is 0 Å². The average Bonchev–Trinajstić information content (AvgIpc) is 2.41. The standard InChI is InChI=1S/C12H13FN2O5/c13-8-3-1-2-7(4-8)11(18)14-5-10(17)15-9(6-16)12(19)20/h1-4,9,16H,5-6H2,(H,14,18)(H,15,17)(H,19,20). The summed E-state index contributed by atoms with van der Waals surface area (Å²) in [5.41, 5.74) is 0.0368. The van der Waals surface area contributed by atoms with Crippen LogP contribution in [-0.4, -0.2) is 47.2 Å². The zero-order chi connectivity index (χ0) is 15.1. The fourth-order valence-electron chi connectivity index (χ4n) is 1.32. The van der Waals surface area contributed by atoms with Gasteiger partial charge in [-0.25, -0.2) is 9.18 Å². The van der Waals surface area contributed by atoms with Gasteiger partial charge in [0.05, 0.1) is 13.2 Å². The quantitative estimate of drug-likeness (QED) is 0.541. The van der Waals surface area contributed by atoms with Crippen molar-refractivity contribution >= 4 is 17.8 Å². The zero-order valence-electron chi connectivity index (χ0n) is 10.3. The first-order valence-corrected chi connectivity index (χ1v) is 5.61. The number of hydrogen-bond acceptors (Lipinski definition) is 4. The van der Waals surface area contributed by atoms with Crippen LogP contribution >= 0.6 is 0 Å². The molecule has 0 spiro atoms. The number of amides is 2. The van der Waals surface area contributed by atoms with Crippen LogP contribution in [-0.2, 0) is 9.59 Å². The predicted octanol–water partition coefficient (Wildman–Crippen LogP) is -0.883. The van der Waals surface area contributed by atoms with Crippen LogP contribution in [0, 0.1) is 5.82 Å². The molecule has 7 nitrogen and oxygen atoms in total. The average molecular weight is 284 g/mol. The van der Waals surface area contributed by atoms with E-state index < -0.39 is 42.8 Å². The Morgan fingerprint density at radius 3 is 2.55 bits per heavy atom. The zero-order valence-corrected chi connectivity index (χ0v) is 10.3. The number of hydrogen-bond donors (Lipinski definition) is 4. The predicted molar refractivity (Wildman–Crippen MR) is 65.4 cm³/mol. The van der Waals surface area contributed by atoms with Crippen LogP contribution in [0.4, 0.5) is 4.39 Å². The van der Waals surface area contributed by atoms with Crippen LogP contribution in [0.25, 0.3) is 0 Å². The second kappa shape index (κ2) is 7.19. The molecule has 0 fully saturated rings. The molecule has 1 atom stereocenters. The van der Waals surface area contributed by atoms with Crippen molar-refractivity contribution in [3.8, 4) is 0 Å².